The van der Waals surface area contributed by atoms with Gasteiger partial charge in [0.2, 0.25) is 0 Å². The monoisotopic (exact) mass is 502 g/mol. The van der Waals surface area contributed by atoms with Gasteiger partial charge in [-0.2, -0.15) is 0 Å². The molecular formula is C22H23F5N4O2S. The lowest BCUT2D eigenvalue weighted by molar-refractivity contribution is 0.0709. The Morgan fingerprint density at radius 3 is 2.24 bits per heavy atom. The summed E-state index contributed by atoms with van der Waals surface area (Å²) in [5, 5.41) is 9.57. The summed E-state index contributed by atoms with van der Waals surface area (Å²) in [5.74, 6) is 0.621. The molecule has 3 aromatic rings. The number of aromatic nitrogens is 3. The van der Waals surface area contributed by atoms with Gasteiger partial charge >= 0.3 is 10.2 Å². The molecule has 1 saturated heterocycles. The van der Waals surface area contributed by atoms with E-state index in [-0.39, 0.29) is 35.6 Å². The van der Waals surface area contributed by atoms with Gasteiger partial charge in [0.25, 0.3) is 5.91 Å². The van der Waals surface area contributed by atoms with Crippen molar-refractivity contribution in [2.75, 3.05) is 13.1 Å². The fourth-order valence-electron chi connectivity index (χ4n) is 4.71. The molecule has 1 amide bonds. The quantitative estimate of drug-likeness (QED) is 0.437. The number of H-pyrrole nitrogens is 1. The number of hydrogen-bond donors (Lipinski definition) is 2. The first-order valence-electron chi connectivity index (χ1n) is 10.9. The summed E-state index contributed by atoms with van der Waals surface area (Å²) in [6.45, 7) is 0.755. The van der Waals surface area contributed by atoms with Gasteiger partial charge in [-0.25, -0.2) is 9.97 Å². The van der Waals surface area contributed by atoms with E-state index in [1.165, 1.54) is 4.90 Å². The summed E-state index contributed by atoms with van der Waals surface area (Å²) in [6, 6.07) is 4.05. The largest absolute Gasteiger partial charge is 0.393 e. The third kappa shape index (κ3) is 4.36. The molecule has 3 heterocycles. The summed E-state index contributed by atoms with van der Waals surface area (Å²) in [7, 11) is -9.77. The van der Waals surface area contributed by atoms with Crippen LogP contribution in [0.5, 0.6) is 0 Å². The number of benzene rings is 1. The summed E-state index contributed by atoms with van der Waals surface area (Å²) < 4.78 is 64.6. The van der Waals surface area contributed by atoms with Crippen LogP contribution in [0.1, 0.15) is 59.3 Å². The molecule has 1 aliphatic heterocycles. The van der Waals surface area contributed by atoms with Gasteiger partial charge in [-0.05, 0) is 67.5 Å². The van der Waals surface area contributed by atoms with Crippen LogP contribution in [0.25, 0.3) is 11.2 Å². The predicted octanol–water partition coefficient (Wildman–Crippen LogP) is 5.87. The van der Waals surface area contributed by atoms with Gasteiger partial charge in [-0.15, -0.1) is 0 Å². The molecular weight excluding hydrogens is 479 g/mol. The van der Waals surface area contributed by atoms with Crippen LogP contribution >= 0.6 is 10.2 Å². The minimum Gasteiger partial charge on any atom is -0.393 e. The average Bonchev–Trinajstić information content (AvgIpc) is 3.19. The molecule has 0 spiro atoms. The van der Waals surface area contributed by atoms with E-state index in [0.717, 1.165) is 29.0 Å². The zero-order chi connectivity index (χ0) is 24.4. The van der Waals surface area contributed by atoms with E-state index in [4.69, 9.17) is 4.98 Å². The molecule has 0 bridgehead atoms. The van der Waals surface area contributed by atoms with Gasteiger partial charge in [0.05, 0.1) is 6.10 Å². The maximum atomic E-state index is 12.9. The number of nitrogens with one attached hydrogen (secondary N) is 1. The van der Waals surface area contributed by atoms with Crippen LogP contribution in [0.15, 0.2) is 41.4 Å². The van der Waals surface area contributed by atoms with Crippen LogP contribution in [-0.2, 0) is 0 Å². The number of aliphatic hydroxyl groups excluding tert-OH is 1. The lowest BCUT2D eigenvalue weighted by Gasteiger charge is -2.40. The number of aromatic amines is 1. The van der Waals surface area contributed by atoms with Crippen molar-refractivity contribution in [2.45, 2.75) is 48.5 Å². The first kappa shape index (κ1) is 23.0. The van der Waals surface area contributed by atoms with Crippen LogP contribution in [0.3, 0.4) is 0 Å². The molecule has 2 N–H and O–H groups in total. The van der Waals surface area contributed by atoms with Crippen LogP contribution in [0, 0.1) is 0 Å². The van der Waals surface area contributed by atoms with Crippen molar-refractivity contribution >= 4 is 27.3 Å². The number of rotatable bonds is 4. The summed E-state index contributed by atoms with van der Waals surface area (Å²) in [5.41, 5.74) is 2.40. The minimum atomic E-state index is -9.77. The molecule has 184 valence electrons. The lowest BCUT2D eigenvalue weighted by Crippen LogP contribution is -2.38. The standard InChI is InChI=1S/C22H23F5N4O2S/c23-34(24,25,26,27)17-3-1-14(2-4-17)22(33)31-9-6-13(7-10-31)18-5-8-28-21-19(18)29-20(30-21)15-11-16(32)12-15/h1-5,8,13,15-16,32H,6-7,9-12H2,(H,28,29,30)/t15-,16+. The lowest BCUT2D eigenvalue weighted by atomic mass is 9.82. The predicted molar refractivity (Wildman–Crippen MR) is 118 cm³/mol. The number of piperidine rings is 1. The van der Waals surface area contributed by atoms with E-state index >= 15 is 0 Å². The Balaban J connectivity index is 1.28. The fraction of sp³-hybridized carbons (Fsp3) is 0.409. The Bertz CT molecular complexity index is 1250. The van der Waals surface area contributed by atoms with E-state index in [2.05, 4.69) is 9.97 Å². The summed E-state index contributed by atoms with van der Waals surface area (Å²) >= 11 is 0. The van der Waals surface area contributed by atoms with Crippen molar-refractivity contribution in [3.63, 3.8) is 0 Å². The molecule has 34 heavy (non-hydrogen) atoms. The molecule has 2 fully saturated rings. The van der Waals surface area contributed by atoms with E-state index < -0.39 is 21.0 Å². The Morgan fingerprint density at radius 2 is 1.65 bits per heavy atom. The van der Waals surface area contributed by atoms with Crippen molar-refractivity contribution in [3.8, 4) is 0 Å². The number of pyridine rings is 1. The summed E-state index contributed by atoms with van der Waals surface area (Å²) in [4.78, 5) is 24.6. The number of fused-ring (bicyclic) bond motifs is 1. The van der Waals surface area contributed by atoms with Gasteiger partial charge in [-0.1, -0.05) is 19.4 Å². The highest BCUT2D eigenvalue weighted by Gasteiger charge is 2.65. The van der Waals surface area contributed by atoms with Crippen molar-refractivity contribution < 1.29 is 29.3 Å². The molecule has 6 nitrogen and oxygen atoms in total. The first-order chi connectivity index (χ1) is 15.8. The highest BCUT2D eigenvalue weighted by Crippen LogP contribution is 3.02. The number of aliphatic hydroxyl groups is 1. The molecule has 2 aromatic heterocycles. The molecule has 12 heteroatoms. The van der Waals surface area contributed by atoms with Gasteiger partial charge in [0, 0.05) is 30.8 Å². The Hall–Kier alpha value is -2.73. The van der Waals surface area contributed by atoms with Gasteiger partial charge in [-0.3, -0.25) is 4.79 Å². The molecule has 1 aliphatic carbocycles. The molecule has 0 radical (unpaired) electrons. The number of likely N-dealkylation sites (tertiary alicyclic amines) is 1. The summed E-state index contributed by atoms with van der Waals surface area (Å²) in [6.07, 6.45) is 3.98. The average molecular weight is 503 g/mol. The van der Waals surface area contributed by atoms with Gasteiger partial charge in [0.15, 0.2) is 5.65 Å². The van der Waals surface area contributed by atoms with Crippen molar-refractivity contribution in [3.05, 3.63) is 53.5 Å². The minimum absolute atomic E-state index is 0.0602. The molecule has 1 saturated carbocycles. The molecule has 0 unspecified atom stereocenters. The van der Waals surface area contributed by atoms with E-state index in [1.807, 2.05) is 6.07 Å². The Labute approximate surface area is 191 Å². The topological polar surface area (TPSA) is 82.1 Å². The molecule has 2 aliphatic rings. The van der Waals surface area contributed by atoms with Crippen LogP contribution in [-0.4, -0.2) is 50.1 Å². The van der Waals surface area contributed by atoms with Crippen molar-refractivity contribution in [2.24, 2.45) is 0 Å². The van der Waals surface area contributed by atoms with Crippen LogP contribution in [0.2, 0.25) is 0 Å². The number of amides is 1. The van der Waals surface area contributed by atoms with Gasteiger partial charge < -0.3 is 15.0 Å². The number of carbonyl (C=O) groups excluding carboxylic acids is 1. The number of hydrogen-bond acceptors (Lipinski definition) is 4. The highest BCUT2D eigenvalue weighted by atomic mass is 32.5. The third-order valence-electron chi connectivity index (χ3n) is 6.70. The van der Waals surface area contributed by atoms with E-state index in [1.54, 1.807) is 6.20 Å². The number of nitrogens with zero attached hydrogens (tertiary/aromatic N) is 3. The maximum Gasteiger partial charge on any atom is 0.310 e. The second-order valence-corrected chi connectivity index (χ2v) is 11.5. The fourth-order valence-corrected chi connectivity index (χ4v) is 5.36. The second-order valence-electron chi connectivity index (χ2n) is 9.10. The van der Waals surface area contributed by atoms with Gasteiger partial charge in [0.1, 0.15) is 16.2 Å². The van der Waals surface area contributed by atoms with E-state index in [0.29, 0.717) is 44.4 Å². The third-order valence-corrected chi connectivity index (χ3v) is 7.87. The zero-order valence-corrected chi connectivity index (χ0v) is 18.8. The zero-order valence-electron chi connectivity index (χ0n) is 17.9. The van der Waals surface area contributed by atoms with Crippen molar-refractivity contribution in [1.82, 2.24) is 19.9 Å². The number of halogens is 5. The highest BCUT2D eigenvalue weighted by molar-refractivity contribution is 8.45. The number of imidazole rings is 1. The molecule has 5 rings (SSSR count). The second kappa shape index (κ2) is 7.14. The van der Waals surface area contributed by atoms with Crippen LogP contribution < -0.4 is 0 Å². The smallest absolute Gasteiger partial charge is 0.310 e. The normalized spacial score (nSPS) is 23.9. The Kier molecular flexibility index (Phi) is 4.84. The first-order valence-corrected chi connectivity index (χ1v) is 12.9. The van der Waals surface area contributed by atoms with Crippen LogP contribution in [0.4, 0.5) is 19.4 Å². The Morgan fingerprint density at radius 1 is 1.00 bits per heavy atom. The van der Waals surface area contributed by atoms with E-state index in [9.17, 15) is 29.3 Å². The maximum absolute atomic E-state index is 12.9. The SMILES string of the molecule is O=C(c1ccc(S(F)(F)(F)(F)F)cc1)N1CCC(c2ccnc3[nH]c([C@H]4C[C@@H](O)C4)nc23)CC1. The number of carbonyl (C=O) groups is 1. The molecule has 0 atom stereocenters. The molecule has 1 aromatic carbocycles. The van der Waals surface area contributed by atoms with Crippen molar-refractivity contribution in [1.29, 1.82) is 0 Å².